The average Bonchev–Trinajstić information content (AvgIpc) is 2.71. The van der Waals surface area contributed by atoms with Crippen LogP contribution in [0.2, 0.25) is 0 Å². The number of hydrogen-bond acceptors (Lipinski definition) is 5. The number of alkyl halides is 3. The summed E-state index contributed by atoms with van der Waals surface area (Å²) in [5.41, 5.74) is 2.38. The van der Waals surface area contributed by atoms with E-state index in [2.05, 4.69) is 5.43 Å². The second kappa shape index (κ2) is 6.15. The number of aliphatic hydroxyl groups is 1. The fourth-order valence-electron chi connectivity index (χ4n) is 2.84. The zero-order valence-electron chi connectivity index (χ0n) is 11.7. The smallest absolute Gasteiger partial charge is 0.378 e. The van der Waals surface area contributed by atoms with E-state index in [0.29, 0.717) is 13.0 Å². The van der Waals surface area contributed by atoms with Crippen molar-refractivity contribution >= 4 is 0 Å². The Labute approximate surface area is 116 Å². The SMILES string of the molecule is CCN1C(O)CCCC1OC1CC(C(F)(F)F)NN1C. The van der Waals surface area contributed by atoms with Crippen molar-refractivity contribution < 1.29 is 23.0 Å². The summed E-state index contributed by atoms with van der Waals surface area (Å²) in [5.74, 6) is 0. The highest BCUT2D eigenvalue weighted by Gasteiger charge is 2.47. The first-order chi connectivity index (χ1) is 9.32. The predicted molar refractivity (Wildman–Crippen MR) is 66.3 cm³/mol. The largest absolute Gasteiger partial charge is 0.405 e. The minimum absolute atomic E-state index is 0.135. The number of halogens is 3. The van der Waals surface area contributed by atoms with E-state index in [1.807, 2.05) is 6.92 Å². The highest BCUT2D eigenvalue weighted by molar-refractivity contribution is 4.84. The van der Waals surface area contributed by atoms with Crippen molar-refractivity contribution in [1.29, 1.82) is 0 Å². The topological polar surface area (TPSA) is 48.0 Å². The van der Waals surface area contributed by atoms with Crippen LogP contribution in [-0.4, -0.2) is 59.5 Å². The molecule has 2 aliphatic rings. The number of nitrogens with one attached hydrogen (secondary N) is 1. The summed E-state index contributed by atoms with van der Waals surface area (Å²) in [6.45, 7) is 2.51. The first-order valence-electron chi connectivity index (χ1n) is 6.98. The van der Waals surface area contributed by atoms with Crippen LogP contribution in [0.3, 0.4) is 0 Å². The summed E-state index contributed by atoms with van der Waals surface area (Å²) in [7, 11) is 1.55. The van der Waals surface area contributed by atoms with Gasteiger partial charge < -0.3 is 9.84 Å². The molecule has 20 heavy (non-hydrogen) atoms. The Morgan fingerprint density at radius 1 is 1.30 bits per heavy atom. The number of ether oxygens (including phenoxy) is 1. The number of hydrogen-bond donors (Lipinski definition) is 2. The molecule has 0 amide bonds. The molecule has 0 spiro atoms. The van der Waals surface area contributed by atoms with Gasteiger partial charge in [-0.1, -0.05) is 6.92 Å². The molecule has 0 aliphatic carbocycles. The second-order valence-electron chi connectivity index (χ2n) is 5.36. The molecule has 5 nitrogen and oxygen atoms in total. The highest BCUT2D eigenvalue weighted by Crippen LogP contribution is 2.31. The van der Waals surface area contributed by atoms with Gasteiger partial charge in [-0.25, -0.2) is 10.4 Å². The number of likely N-dealkylation sites (tertiary alicyclic amines) is 1. The van der Waals surface area contributed by atoms with Gasteiger partial charge in [0.05, 0.1) is 0 Å². The van der Waals surface area contributed by atoms with E-state index in [0.717, 1.165) is 12.8 Å². The third-order valence-corrected chi connectivity index (χ3v) is 3.97. The number of nitrogens with zero attached hydrogens (tertiary/aromatic N) is 2. The highest BCUT2D eigenvalue weighted by atomic mass is 19.4. The average molecular weight is 297 g/mol. The van der Waals surface area contributed by atoms with Crippen LogP contribution < -0.4 is 5.43 Å². The van der Waals surface area contributed by atoms with Crippen molar-refractivity contribution in [2.24, 2.45) is 0 Å². The fraction of sp³-hybridized carbons (Fsp3) is 1.00. The van der Waals surface area contributed by atoms with Crippen LogP contribution in [0.15, 0.2) is 0 Å². The Kier molecular flexibility index (Phi) is 4.91. The van der Waals surface area contributed by atoms with E-state index in [1.165, 1.54) is 5.01 Å². The lowest BCUT2D eigenvalue weighted by atomic mass is 10.1. The van der Waals surface area contributed by atoms with E-state index in [1.54, 1.807) is 11.9 Å². The third-order valence-electron chi connectivity index (χ3n) is 3.97. The second-order valence-corrected chi connectivity index (χ2v) is 5.36. The first kappa shape index (κ1) is 16.0. The zero-order chi connectivity index (χ0) is 14.9. The predicted octanol–water partition coefficient (Wildman–Crippen LogP) is 1.25. The third kappa shape index (κ3) is 3.43. The van der Waals surface area contributed by atoms with Crippen molar-refractivity contribution in [2.45, 2.75) is 63.5 Å². The van der Waals surface area contributed by atoms with Gasteiger partial charge >= 0.3 is 6.18 Å². The molecule has 0 saturated carbocycles. The van der Waals surface area contributed by atoms with Crippen molar-refractivity contribution in [1.82, 2.24) is 15.3 Å². The quantitative estimate of drug-likeness (QED) is 0.821. The minimum Gasteiger partial charge on any atom is -0.378 e. The Balaban J connectivity index is 1.95. The van der Waals surface area contributed by atoms with Gasteiger partial charge in [0.15, 0.2) is 0 Å². The molecule has 0 bridgehead atoms. The maximum absolute atomic E-state index is 12.7. The molecule has 0 aromatic rings. The van der Waals surface area contributed by atoms with Gasteiger partial charge in [-0.3, -0.25) is 4.90 Å². The van der Waals surface area contributed by atoms with Crippen LogP contribution in [0.25, 0.3) is 0 Å². The van der Waals surface area contributed by atoms with Gasteiger partial charge in [0, 0.05) is 20.0 Å². The summed E-state index contributed by atoms with van der Waals surface area (Å²) in [6, 6.07) is -1.57. The molecule has 4 atom stereocenters. The fourth-order valence-corrected chi connectivity index (χ4v) is 2.84. The molecule has 2 fully saturated rings. The van der Waals surface area contributed by atoms with Gasteiger partial charge in [-0.15, -0.1) is 0 Å². The molecule has 2 saturated heterocycles. The molecule has 2 rings (SSSR count). The standard InChI is InChI=1S/C12H22F3N3O2/c1-3-18-9(19)5-4-6-10(18)20-11-7-8(12(13,14)15)16-17(11)2/h8-11,16,19H,3-7H2,1-2H3. The molecule has 118 valence electrons. The monoisotopic (exact) mass is 297 g/mol. The van der Waals surface area contributed by atoms with Crippen LogP contribution >= 0.6 is 0 Å². The lowest BCUT2D eigenvalue weighted by molar-refractivity contribution is -0.199. The van der Waals surface area contributed by atoms with Crippen molar-refractivity contribution in [3.63, 3.8) is 0 Å². The molecular formula is C12H22F3N3O2. The van der Waals surface area contributed by atoms with E-state index < -0.39 is 24.7 Å². The molecule has 0 aromatic carbocycles. The van der Waals surface area contributed by atoms with Crippen molar-refractivity contribution in [3.05, 3.63) is 0 Å². The molecule has 2 aliphatic heterocycles. The Morgan fingerprint density at radius 2 is 2.00 bits per heavy atom. The maximum Gasteiger partial charge on any atom is 0.405 e. The first-order valence-corrected chi connectivity index (χ1v) is 6.98. The summed E-state index contributed by atoms with van der Waals surface area (Å²) < 4.78 is 43.9. The van der Waals surface area contributed by atoms with Crippen LogP contribution in [0.4, 0.5) is 13.2 Å². The molecule has 2 N–H and O–H groups in total. The molecule has 2 heterocycles. The Hall–Kier alpha value is -0.410. The lowest BCUT2D eigenvalue weighted by Crippen LogP contribution is -2.50. The van der Waals surface area contributed by atoms with Gasteiger partial charge in [-0.2, -0.15) is 13.2 Å². The summed E-state index contributed by atoms with van der Waals surface area (Å²) in [6.07, 6.45) is -3.72. The molecular weight excluding hydrogens is 275 g/mol. The normalized spacial score (nSPS) is 37.5. The number of rotatable bonds is 3. The van der Waals surface area contributed by atoms with E-state index >= 15 is 0 Å². The lowest BCUT2D eigenvalue weighted by Gasteiger charge is -2.40. The number of piperidine rings is 1. The van der Waals surface area contributed by atoms with Gasteiger partial charge in [0.1, 0.15) is 24.7 Å². The molecule has 0 aromatic heterocycles. The van der Waals surface area contributed by atoms with Crippen molar-refractivity contribution in [2.75, 3.05) is 13.6 Å². The Morgan fingerprint density at radius 3 is 2.55 bits per heavy atom. The van der Waals surface area contributed by atoms with Gasteiger partial charge in [0.25, 0.3) is 0 Å². The van der Waals surface area contributed by atoms with E-state index in [-0.39, 0.29) is 12.6 Å². The number of aliphatic hydroxyl groups excluding tert-OH is 1. The van der Waals surface area contributed by atoms with Gasteiger partial charge in [-0.05, 0) is 19.3 Å². The van der Waals surface area contributed by atoms with E-state index in [4.69, 9.17) is 4.74 Å². The van der Waals surface area contributed by atoms with Gasteiger partial charge in [0.2, 0.25) is 0 Å². The minimum atomic E-state index is -4.27. The number of hydrazine groups is 1. The van der Waals surface area contributed by atoms with E-state index in [9.17, 15) is 18.3 Å². The molecule has 0 radical (unpaired) electrons. The van der Waals surface area contributed by atoms with Crippen LogP contribution in [0, 0.1) is 0 Å². The Bertz CT molecular complexity index is 330. The molecule has 8 heteroatoms. The zero-order valence-corrected chi connectivity index (χ0v) is 11.7. The molecule has 4 unspecified atom stereocenters. The van der Waals surface area contributed by atoms with Crippen LogP contribution in [0.1, 0.15) is 32.6 Å². The maximum atomic E-state index is 12.7. The summed E-state index contributed by atoms with van der Waals surface area (Å²) in [4.78, 5) is 1.79. The summed E-state index contributed by atoms with van der Waals surface area (Å²) >= 11 is 0. The van der Waals surface area contributed by atoms with Crippen LogP contribution in [-0.2, 0) is 4.74 Å². The van der Waals surface area contributed by atoms with Crippen LogP contribution in [0.5, 0.6) is 0 Å². The summed E-state index contributed by atoms with van der Waals surface area (Å²) in [5, 5.41) is 11.3. The van der Waals surface area contributed by atoms with Crippen molar-refractivity contribution in [3.8, 4) is 0 Å².